The van der Waals surface area contributed by atoms with Gasteiger partial charge in [0.25, 0.3) is 0 Å². The Morgan fingerprint density at radius 1 is 1.20 bits per heavy atom. The Balaban J connectivity index is 1.67. The van der Waals surface area contributed by atoms with Crippen LogP contribution >= 0.6 is 11.3 Å². The lowest BCUT2D eigenvalue weighted by Gasteiger charge is -2.09. The molecule has 3 rings (SSSR count). The van der Waals surface area contributed by atoms with Crippen molar-refractivity contribution in [2.45, 2.75) is 26.4 Å². The highest BCUT2D eigenvalue weighted by molar-refractivity contribution is 7.09. The van der Waals surface area contributed by atoms with Crippen LogP contribution in [-0.2, 0) is 19.5 Å². The number of benzene rings is 1. The standard InChI is InChI=1S/C16H19N3S/c1-2-16-18-14-7-3-4-8-15(14)19(16)10-9-17-12-13-6-5-11-20-13/h3-8,11,17H,2,9-10,12H2,1H3. The molecular weight excluding hydrogens is 266 g/mol. The summed E-state index contributed by atoms with van der Waals surface area (Å²) in [5.41, 5.74) is 2.34. The summed E-state index contributed by atoms with van der Waals surface area (Å²) in [7, 11) is 0. The van der Waals surface area contributed by atoms with Crippen LogP contribution in [0.15, 0.2) is 41.8 Å². The van der Waals surface area contributed by atoms with E-state index in [-0.39, 0.29) is 0 Å². The first-order valence-electron chi connectivity index (χ1n) is 7.05. The summed E-state index contributed by atoms with van der Waals surface area (Å²) >= 11 is 1.80. The molecule has 4 heteroatoms. The van der Waals surface area contributed by atoms with Gasteiger partial charge in [-0.3, -0.25) is 0 Å². The third kappa shape index (κ3) is 2.76. The molecule has 3 nitrogen and oxygen atoms in total. The van der Waals surface area contributed by atoms with Crippen LogP contribution in [0.2, 0.25) is 0 Å². The monoisotopic (exact) mass is 285 g/mol. The van der Waals surface area contributed by atoms with Crippen molar-refractivity contribution in [3.63, 3.8) is 0 Å². The molecule has 0 amide bonds. The van der Waals surface area contributed by atoms with E-state index in [0.717, 1.165) is 31.6 Å². The number of nitrogens with zero attached hydrogens (tertiary/aromatic N) is 2. The SMILES string of the molecule is CCc1nc2ccccc2n1CCNCc1cccs1. The maximum atomic E-state index is 4.70. The average Bonchev–Trinajstić information content (AvgIpc) is 3.11. The number of fused-ring (bicyclic) bond motifs is 1. The molecule has 0 saturated carbocycles. The van der Waals surface area contributed by atoms with Crippen LogP contribution in [0.25, 0.3) is 11.0 Å². The number of nitrogens with one attached hydrogen (secondary N) is 1. The van der Waals surface area contributed by atoms with Crippen molar-refractivity contribution < 1.29 is 0 Å². The molecule has 0 aliphatic carbocycles. The minimum atomic E-state index is 0.950. The lowest BCUT2D eigenvalue weighted by atomic mass is 10.3. The predicted molar refractivity (Wildman–Crippen MR) is 85.1 cm³/mol. The second-order valence-corrected chi connectivity index (χ2v) is 5.81. The maximum absolute atomic E-state index is 4.70. The number of imidazole rings is 1. The number of hydrogen-bond donors (Lipinski definition) is 1. The highest BCUT2D eigenvalue weighted by Gasteiger charge is 2.07. The van der Waals surface area contributed by atoms with E-state index < -0.39 is 0 Å². The van der Waals surface area contributed by atoms with Crippen LogP contribution in [0.5, 0.6) is 0 Å². The van der Waals surface area contributed by atoms with E-state index >= 15 is 0 Å². The maximum Gasteiger partial charge on any atom is 0.109 e. The van der Waals surface area contributed by atoms with Gasteiger partial charge in [-0.25, -0.2) is 4.98 Å². The molecule has 0 saturated heterocycles. The first kappa shape index (κ1) is 13.3. The van der Waals surface area contributed by atoms with Gasteiger partial charge in [-0.2, -0.15) is 0 Å². The lowest BCUT2D eigenvalue weighted by molar-refractivity contribution is 0.593. The first-order valence-corrected chi connectivity index (χ1v) is 7.93. The van der Waals surface area contributed by atoms with Gasteiger partial charge < -0.3 is 9.88 Å². The third-order valence-corrected chi connectivity index (χ3v) is 4.32. The van der Waals surface area contributed by atoms with Crippen molar-refractivity contribution in [3.8, 4) is 0 Å². The normalized spacial score (nSPS) is 11.2. The van der Waals surface area contributed by atoms with Gasteiger partial charge >= 0.3 is 0 Å². The molecule has 0 fully saturated rings. The number of rotatable bonds is 6. The van der Waals surface area contributed by atoms with Crippen LogP contribution in [0.1, 0.15) is 17.6 Å². The summed E-state index contributed by atoms with van der Waals surface area (Å²) in [4.78, 5) is 6.08. The van der Waals surface area contributed by atoms with E-state index in [9.17, 15) is 0 Å². The number of hydrogen-bond acceptors (Lipinski definition) is 3. The van der Waals surface area contributed by atoms with Crippen molar-refractivity contribution in [2.24, 2.45) is 0 Å². The molecule has 0 atom stereocenters. The summed E-state index contributed by atoms with van der Waals surface area (Å²) in [6.07, 6.45) is 0.972. The quantitative estimate of drug-likeness (QED) is 0.703. The fourth-order valence-corrected chi connectivity index (χ4v) is 3.13. The molecule has 3 aromatic rings. The summed E-state index contributed by atoms with van der Waals surface area (Å²) in [6.45, 7) is 5.04. The van der Waals surface area contributed by atoms with Crippen LogP contribution in [0.4, 0.5) is 0 Å². The molecule has 0 unspecified atom stereocenters. The Kier molecular flexibility index (Phi) is 4.14. The van der Waals surface area contributed by atoms with Gasteiger partial charge in [0.2, 0.25) is 0 Å². The number of para-hydroxylation sites is 2. The Morgan fingerprint density at radius 2 is 2.10 bits per heavy atom. The Labute approximate surface area is 123 Å². The molecule has 1 N–H and O–H groups in total. The molecule has 104 valence electrons. The van der Waals surface area contributed by atoms with Crippen LogP contribution < -0.4 is 5.32 Å². The third-order valence-electron chi connectivity index (χ3n) is 3.44. The molecule has 0 aliphatic heterocycles. The highest BCUT2D eigenvalue weighted by Crippen LogP contribution is 2.16. The Bertz CT molecular complexity index is 670. The molecule has 20 heavy (non-hydrogen) atoms. The smallest absolute Gasteiger partial charge is 0.109 e. The summed E-state index contributed by atoms with van der Waals surface area (Å²) in [6, 6.07) is 12.6. The van der Waals surface area contributed by atoms with Gasteiger partial charge in [0.05, 0.1) is 11.0 Å². The number of thiophene rings is 1. The van der Waals surface area contributed by atoms with Crippen molar-refractivity contribution in [2.75, 3.05) is 6.54 Å². The van der Waals surface area contributed by atoms with Crippen LogP contribution in [0.3, 0.4) is 0 Å². The van der Waals surface area contributed by atoms with Crippen molar-refractivity contribution >= 4 is 22.4 Å². The average molecular weight is 285 g/mol. The fourth-order valence-electron chi connectivity index (χ4n) is 2.46. The molecular formula is C16H19N3S. The Morgan fingerprint density at radius 3 is 2.90 bits per heavy atom. The van der Waals surface area contributed by atoms with E-state index in [1.54, 1.807) is 11.3 Å². The summed E-state index contributed by atoms with van der Waals surface area (Å²) in [5.74, 6) is 1.17. The zero-order chi connectivity index (χ0) is 13.8. The molecule has 2 heterocycles. The lowest BCUT2D eigenvalue weighted by Crippen LogP contribution is -2.20. The van der Waals surface area contributed by atoms with Crippen molar-refractivity contribution in [3.05, 3.63) is 52.5 Å². The van der Waals surface area contributed by atoms with Crippen LogP contribution in [-0.4, -0.2) is 16.1 Å². The zero-order valence-corrected chi connectivity index (χ0v) is 12.5. The molecule has 2 aromatic heterocycles. The van der Waals surface area contributed by atoms with Crippen LogP contribution in [0, 0.1) is 0 Å². The Hall–Kier alpha value is -1.65. The second-order valence-electron chi connectivity index (χ2n) is 4.78. The number of aromatic nitrogens is 2. The van der Waals surface area contributed by atoms with Gasteiger partial charge in [-0.1, -0.05) is 25.1 Å². The minimum Gasteiger partial charge on any atom is -0.327 e. The molecule has 0 radical (unpaired) electrons. The van der Waals surface area contributed by atoms with Crippen molar-refractivity contribution in [1.82, 2.24) is 14.9 Å². The zero-order valence-electron chi connectivity index (χ0n) is 11.7. The largest absolute Gasteiger partial charge is 0.327 e. The fraction of sp³-hybridized carbons (Fsp3) is 0.312. The topological polar surface area (TPSA) is 29.9 Å². The first-order chi connectivity index (χ1) is 9.88. The molecule has 0 aliphatic rings. The van der Waals surface area contributed by atoms with Gasteiger partial charge in [-0.05, 0) is 23.6 Å². The summed E-state index contributed by atoms with van der Waals surface area (Å²) in [5, 5.41) is 5.62. The van der Waals surface area contributed by atoms with E-state index in [0.29, 0.717) is 0 Å². The van der Waals surface area contributed by atoms with E-state index in [2.05, 4.69) is 52.5 Å². The minimum absolute atomic E-state index is 0.950. The van der Waals surface area contributed by atoms with E-state index in [1.165, 1.54) is 16.2 Å². The number of aryl methyl sites for hydroxylation is 1. The molecule has 0 bridgehead atoms. The van der Waals surface area contributed by atoms with Gasteiger partial charge in [0.15, 0.2) is 0 Å². The second kappa shape index (κ2) is 6.20. The molecule has 0 spiro atoms. The molecule has 1 aromatic carbocycles. The van der Waals surface area contributed by atoms with Gasteiger partial charge in [0.1, 0.15) is 5.82 Å². The van der Waals surface area contributed by atoms with Gasteiger partial charge in [0, 0.05) is 30.9 Å². The van der Waals surface area contributed by atoms with Crippen molar-refractivity contribution in [1.29, 1.82) is 0 Å². The summed E-state index contributed by atoms with van der Waals surface area (Å²) < 4.78 is 2.33. The van der Waals surface area contributed by atoms with E-state index in [4.69, 9.17) is 4.98 Å². The highest BCUT2D eigenvalue weighted by atomic mass is 32.1. The predicted octanol–water partition coefficient (Wildman–Crippen LogP) is 3.45. The van der Waals surface area contributed by atoms with E-state index in [1.807, 2.05) is 6.07 Å². The van der Waals surface area contributed by atoms with Gasteiger partial charge in [-0.15, -0.1) is 11.3 Å².